The molecule has 1 aliphatic carbocycles. The van der Waals surface area contributed by atoms with Crippen LogP contribution in [-0.4, -0.2) is 24.2 Å². The van der Waals surface area contributed by atoms with Crippen molar-refractivity contribution in [2.45, 2.75) is 37.7 Å². The van der Waals surface area contributed by atoms with Crippen molar-refractivity contribution in [1.29, 1.82) is 0 Å². The first-order chi connectivity index (χ1) is 9.78. The second-order valence-electron chi connectivity index (χ2n) is 5.26. The summed E-state index contributed by atoms with van der Waals surface area (Å²) in [7, 11) is 0. The fourth-order valence-corrected chi connectivity index (χ4v) is 1.76. The molecule has 0 aromatic heterocycles. The van der Waals surface area contributed by atoms with Gasteiger partial charge in [-0.2, -0.15) is 13.2 Å². The number of alkyl halides is 3. The molecule has 1 aromatic carbocycles. The smallest absolute Gasteiger partial charge is 0.367 e. The van der Waals surface area contributed by atoms with E-state index in [1.807, 2.05) is 0 Å². The summed E-state index contributed by atoms with van der Waals surface area (Å²) in [5, 5.41) is 2.74. The van der Waals surface area contributed by atoms with Crippen LogP contribution in [0.15, 0.2) is 24.3 Å². The van der Waals surface area contributed by atoms with Crippen molar-refractivity contribution in [1.82, 2.24) is 5.32 Å². The maximum Gasteiger partial charge on any atom is 0.411 e. The molecule has 1 fully saturated rings. The number of hydrogen-bond acceptors (Lipinski definition) is 3. The molecule has 1 saturated carbocycles. The normalized spacial score (nSPS) is 15.8. The minimum Gasteiger partial charge on any atom is -0.367 e. The number of ether oxygens (including phenoxy) is 1. The molecule has 1 aromatic rings. The van der Waals surface area contributed by atoms with Crippen LogP contribution in [0.3, 0.4) is 0 Å². The monoisotopic (exact) mass is 338 g/mol. The Kier molecular flexibility index (Phi) is 6.22. The molecule has 0 saturated heterocycles. The molecule has 8 heteroatoms. The largest absolute Gasteiger partial charge is 0.411 e. The van der Waals surface area contributed by atoms with Crippen LogP contribution in [0.2, 0.25) is 0 Å². The zero-order chi connectivity index (χ0) is 15.5. The second-order valence-corrected chi connectivity index (χ2v) is 5.26. The molecule has 0 unspecified atom stereocenters. The molecular weight excluding hydrogens is 321 g/mol. The molecule has 0 radical (unpaired) electrons. The van der Waals surface area contributed by atoms with Crippen LogP contribution in [0.1, 0.15) is 24.0 Å². The number of halogens is 4. The Morgan fingerprint density at radius 3 is 2.27 bits per heavy atom. The van der Waals surface area contributed by atoms with E-state index in [-0.39, 0.29) is 24.9 Å². The molecule has 0 atom stereocenters. The minimum atomic E-state index is -4.31. The molecule has 22 heavy (non-hydrogen) atoms. The highest BCUT2D eigenvalue weighted by atomic mass is 35.5. The van der Waals surface area contributed by atoms with Gasteiger partial charge < -0.3 is 15.8 Å². The third kappa shape index (κ3) is 5.82. The average Bonchev–Trinajstić information content (AvgIpc) is 3.15. The summed E-state index contributed by atoms with van der Waals surface area (Å²) in [5.41, 5.74) is 6.54. The summed E-state index contributed by atoms with van der Waals surface area (Å²) < 4.78 is 40.3. The van der Waals surface area contributed by atoms with E-state index >= 15 is 0 Å². The van der Waals surface area contributed by atoms with Gasteiger partial charge in [-0.05, 0) is 24.0 Å². The topological polar surface area (TPSA) is 64.4 Å². The summed E-state index contributed by atoms with van der Waals surface area (Å²) in [6.07, 6.45) is -2.91. The van der Waals surface area contributed by atoms with Crippen molar-refractivity contribution in [3.8, 4) is 0 Å². The van der Waals surface area contributed by atoms with Crippen LogP contribution < -0.4 is 11.1 Å². The molecule has 1 aliphatic rings. The Labute approximate surface area is 132 Å². The van der Waals surface area contributed by atoms with Gasteiger partial charge in [0, 0.05) is 6.54 Å². The van der Waals surface area contributed by atoms with Gasteiger partial charge in [0.1, 0.15) is 6.61 Å². The molecule has 124 valence electrons. The van der Waals surface area contributed by atoms with E-state index < -0.39 is 18.3 Å². The number of benzene rings is 1. The molecule has 0 heterocycles. The molecule has 3 N–H and O–H groups in total. The van der Waals surface area contributed by atoms with E-state index in [0.29, 0.717) is 24.9 Å². The van der Waals surface area contributed by atoms with Gasteiger partial charge in [-0.1, -0.05) is 24.3 Å². The number of nitrogens with two attached hydrogens (primary N) is 1. The van der Waals surface area contributed by atoms with E-state index in [1.54, 1.807) is 24.3 Å². The number of rotatable bonds is 6. The zero-order valence-electron chi connectivity index (χ0n) is 11.8. The number of hydrogen-bond donors (Lipinski definition) is 2. The van der Waals surface area contributed by atoms with E-state index in [9.17, 15) is 18.0 Å². The Morgan fingerprint density at radius 1 is 1.23 bits per heavy atom. The number of nitrogens with one attached hydrogen (secondary N) is 1. The Balaban J connectivity index is 0.00000242. The lowest BCUT2D eigenvalue weighted by Gasteiger charge is -2.11. The van der Waals surface area contributed by atoms with Gasteiger partial charge >= 0.3 is 6.18 Å². The van der Waals surface area contributed by atoms with Crippen molar-refractivity contribution in [2.75, 3.05) is 6.61 Å². The minimum absolute atomic E-state index is 0. The predicted octanol–water partition coefficient (Wildman–Crippen LogP) is 2.29. The lowest BCUT2D eigenvalue weighted by molar-refractivity contribution is -0.176. The number of amides is 1. The highest BCUT2D eigenvalue weighted by molar-refractivity contribution is 5.88. The van der Waals surface area contributed by atoms with Gasteiger partial charge in [-0.15, -0.1) is 12.4 Å². The van der Waals surface area contributed by atoms with Crippen molar-refractivity contribution in [2.24, 2.45) is 5.73 Å². The van der Waals surface area contributed by atoms with Crippen molar-refractivity contribution < 1.29 is 22.7 Å². The van der Waals surface area contributed by atoms with E-state index in [1.165, 1.54) is 0 Å². The van der Waals surface area contributed by atoms with E-state index in [2.05, 4.69) is 10.1 Å². The number of carbonyl (C=O) groups is 1. The lowest BCUT2D eigenvalue weighted by Crippen LogP contribution is -2.42. The first kappa shape index (κ1) is 18.7. The van der Waals surface area contributed by atoms with Crippen LogP contribution in [-0.2, 0) is 22.7 Å². The van der Waals surface area contributed by atoms with Crippen molar-refractivity contribution in [3.63, 3.8) is 0 Å². The first-order valence-corrected chi connectivity index (χ1v) is 6.58. The fourth-order valence-electron chi connectivity index (χ4n) is 1.76. The van der Waals surface area contributed by atoms with Crippen molar-refractivity contribution >= 4 is 18.3 Å². The highest BCUT2D eigenvalue weighted by Crippen LogP contribution is 2.32. The summed E-state index contributed by atoms with van der Waals surface area (Å²) in [6.45, 7) is -1.01. The predicted molar refractivity (Wildman–Crippen MR) is 77.4 cm³/mol. The van der Waals surface area contributed by atoms with Gasteiger partial charge in [-0.25, -0.2) is 0 Å². The van der Waals surface area contributed by atoms with Gasteiger partial charge in [-0.3, -0.25) is 4.79 Å². The van der Waals surface area contributed by atoms with Crippen LogP contribution in [0.4, 0.5) is 13.2 Å². The SMILES string of the molecule is Cl.NC1(C(=O)NCc2ccc(COCC(F)(F)F)cc2)CC1. The lowest BCUT2D eigenvalue weighted by atomic mass is 10.1. The standard InChI is InChI=1S/C14H17F3N2O2.ClH/c15-14(16,17)9-21-8-11-3-1-10(2-4-11)7-19-12(20)13(18)5-6-13;/h1-4H,5-9,18H2,(H,19,20);1H. The molecule has 1 amide bonds. The maximum atomic E-state index is 11.9. The highest BCUT2D eigenvalue weighted by Gasteiger charge is 2.45. The van der Waals surface area contributed by atoms with Crippen LogP contribution in [0, 0.1) is 0 Å². The summed E-state index contributed by atoms with van der Waals surface area (Å²) >= 11 is 0. The van der Waals surface area contributed by atoms with Gasteiger partial charge in [0.05, 0.1) is 12.1 Å². The van der Waals surface area contributed by atoms with Crippen molar-refractivity contribution in [3.05, 3.63) is 35.4 Å². The molecule has 2 rings (SSSR count). The Hall–Kier alpha value is -1.31. The van der Waals surface area contributed by atoms with Gasteiger partial charge in [0.2, 0.25) is 5.91 Å². The average molecular weight is 339 g/mol. The molecule has 0 bridgehead atoms. The third-order valence-electron chi connectivity index (χ3n) is 3.25. The maximum absolute atomic E-state index is 11.9. The third-order valence-corrected chi connectivity index (χ3v) is 3.25. The van der Waals surface area contributed by atoms with Gasteiger partial charge in [0.25, 0.3) is 0 Å². The Bertz CT molecular complexity index is 502. The first-order valence-electron chi connectivity index (χ1n) is 6.58. The van der Waals surface area contributed by atoms with Crippen LogP contribution in [0.25, 0.3) is 0 Å². The summed E-state index contributed by atoms with van der Waals surface area (Å²) in [6, 6.07) is 6.83. The van der Waals surface area contributed by atoms with Crippen LogP contribution >= 0.6 is 12.4 Å². The fraction of sp³-hybridized carbons (Fsp3) is 0.500. The molecule has 4 nitrogen and oxygen atoms in total. The van der Waals surface area contributed by atoms with E-state index in [4.69, 9.17) is 5.73 Å². The van der Waals surface area contributed by atoms with Gasteiger partial charge in [0.15, 0.2) is 0 Å². The summed E-state index contributed by atoms with van der Waals surface area (Å²) in [4.78, 5) is 11.6. The second kappa shape index (κ2) is 7.30. The molecule has 0 aliphatic heterocycles. The zero-order valence-corrected chi connectivity index (χ0v) is 12.6. The quantitative estimate of drug-likeness (QED) is 0.836. The number of carbonyl (C=O) groups excluding carboxylic acids is 1. The van der Waals surface area contributed by atoms with E-state index in [0.717, 1.165) is 5.56 Å². The Morgan fingerprint density at radius 2 is 1.77 bits per heavy atom. The molecular formula is C14H18ClF3N2O2. The van der Waals surface area contributed by atoms with Crippen LogP contribution in [0.5, 0.6) is 0 Å². The summed E-state index contributed by atoms with van der Waals surface area (Å²) in [5.74, 6) is -0.167. The molecule has 0 spiro atoms.